The molecule has 1 aromatic carbocycles. The first-order chi connectivity index (χ1) is 8.51. The summed E-state index contributed by atoms with van der Waals surface area (Å²) in [5, 5.41) is 0. The van der Waals surface area contributed by atoms with Crippen LogP contribution in [0.15, 0.2) is 29.2 Å². The number of nitrogens with zero attached hydrogens (tertiary/aromatic N) is 1. The van der Waals surface area contributed by atoms with Gasteiger partial charge in [0, 0.05) is 13.1 Å². The predicted molar refractivity (Wildman–Crippen MR) is 69.4 cm³/mol. The summed E-state index contributed by atoms with van der Waals surface area (Å²) in [6.45, 7) is 6.62. The molecule has 0 spiro atoms. The van der Waals surface area contributed by atoms with E-state index in [-0.39, 0.29) is 11.4 Å². The fraction of sp³-hybridized carbons (Fsp3) is 0.500. The van der Waals surface area contributed by atoms with E-state index in [1.807, 2.05) is 13.8 Å². The Kier molecular flexibility index (Phi) is 5.71. The minimum absolute atomic E-state index is 0.276. The standard InChI is InChI=1S/C12H19FN2O2S/c1-3-15(4-2)10-9-14-18(16,17)12-8-6-5-7-11(12)13/h5-8,14H,3-4,9-10H2,1-2H3. The molecule has 1 aromatic rings. The zero-order chi connectivity index (χ0) is 13.6. The lowest BCUT2D eigenvalue weighted by Gasteiger charge is -2.18. The minimum Gasteiger partial charge on any atom is -0.303 e. The Morgan fingerprint density at radius 2 is 1.83 bits per heavy atom. The van der Waals surface area contributed by atoms with Gasteiger partial charge in [0.15, 0.2) is 0 Å². The highest BCUT2D eigenvalue weighted by Crippen LogP contribution is 2.12. The molecule has 0 amide bonds. The molecule has 0 aliphatic heterocycles. The molecule has 4 nitrogen and oxygen atoms in total. The molecule has 1 rings (SSSR count). The fourth-order valence-electron chi connectivity index (χ4n) is 1.62. The Hall–Kier alpha value is -0.980. The average molecular weight is 274 g/mol. The number of sulfonamides is 1. The van der Waals surface area contributed by atoms with E-state index in [0.29, 0.717) is 6.54 Å². The predicted octanol–water partition coefficient (Wildman–Crippen LogP) is 1.45. The maximum atomic E-state index is 13.4. The van der Waals surface area contributed by atoms with Crippen molar-refractivity contribution in [2.45, 2.75) is 18.7 Å². The molecule has 0 radical (unpaired) electrons. The number of nitrogens with one attached hydrogen (secondary N) is 1. The first-order valence-corrected chi connectivity index (χ1v) is 7.46. The van der Waals surface area contributed by atoms with Crippen molar-refractivity contribution in [1.82, 2.24) is 9.62 Å². The van der Waals surface area contributed by atoms with Crippen LogP contribution in [0, 0.1) is 5.82 Å². The second-order valence-electron chi connectivity index (χ2n) is 3.86. The van der Waals surface area contributed by atoms with Crippen molar-refractivity contribution < 1.29 is 12.8 Å². The highest BCUT2D eigenvalue weighted by atomic mass is 32.2. The first kappa shape index (κ1) is 15.1. The minimum atomic E-state index is -3.75. The second kappa shape index (κ2) is 6.82. The van der Waals surface area contributed by atoms with Crippen LogP contribution in [0.1, 0.15) is 13.8 Å². The zero-order valence-electron chi connectivity index (χ0n) is 10.7. The number of halogens is 1. The molecule has 0 saturated carbocycles. The molecule has 1 N–H and O–H groups in total. The van der Waals surface area contributed by atoms with Gasteiger partial charge < -0.3 is 4.90 Å². The Bertz CT molecular complexity index is 473. The fourth-order valence-corrected chi connectivity index (χ4v) is 2.72. The molecule has 102 valence electrons. The van der Waals surface area contributed by atoms with Gasteiger partial charge in [0.1, 0.15) is 10.7 Å². The van der Waals surface area contributed by atoms with E-state index >= 15 is 0 Å². The quantitative estimate of drug-likeness (QED) is 0.818. The molecule has 0 unspecified atom stereocenters. The van der Waals surface area contributed by atoms with Gasteiger partial charge in [0.25, 0.3) is 0 Å². The number of benzene rings is 1. The lowest BCUT2D eigenvalue weighted by Crippen LogP contribution is -2.35. The van der Waals surface area contributed by atoms with E-state index in [1.165, 1.54) is 18.2 Å². The van der Waals surface area contributed by atoms with Crippen molar-refractivity contribution in [1.29, 1.82) is 0 Å². The summed E-state index contributed by atoms with van der Waals surface area (Å²) in [5.74, 6) is -0.729. The molecule has 0 bridgehead atoms. The van der Waals surface area contributed by atoms with E-state index in [9.17, 15) is 12.8 Å². The van der Waals surface area contributed by atoms with E-state index < -0.39 is 15.8 Å². The highest BCUT2D eigenvalue weighted by molar-refractivity contribution is 7.89. The smallest absolute Gasteiger partial charge is 0.243 e. The number of rotatable bonds is 7. The van der Waals surface area contributed by atoms with Crippen LogP contribution in [0.4, 0.5) is 4.39 Å². The van der Waals surface area contributed by atoms with Gasteiger partial charge in [0.2, 0.25) is 10.0 Å². The topological polar surface area (TPSA) is 49.4 Å². The summed E-state index contributed by atoms with van der Waals surface area (Å²) >= 11 is 0. The molecular weight excluding hydrogens is 255 g/mol. The zero-order valence-corrected chi connectivity index (χ0v) is 11.5. The van der Waals surface area contributed by atoms with Crippen LogP contribution in [0.5, 0.6) is 0 Å². The second-order valence-corrected chi connectivity index (χ2v) is 5.59. The van der Waals surface area contributed by atoms with Gasteiger partial charge in [-0.3, -0.25) is 0 Å². The molecule has 0 aliphatic rings. The lowest BCUT2D eigenvalue weighted by molar-refractivity contribution is 0.309. The van der Waals surface area contributed by atoms with Gasteiger partial charge in [-0.1, -0.05) is 26.0 Å². The molecule has 0 saturated heterocycles. The third-order valence-corrected chi connectivity index (χ3v) is 4.23. The molecular formula is C12H19FN2O2S. The summed E-state index contributed by atoms with van der Waals surface area (Å²) < 4.78 is 39.5. The van der Waals surface area contributed by atoms with Crippen molar-refractivity contribution in [2.24, 2.45) is 0 Å². The summed E-state index contributed by atoms with van der Waals surface area (Å²) in [5.41, 5.74) is 0. The molecule has 6 heteroatoms. The van der Waals surface area contributed by atoms with Gasteiger partial charge >= 0.3 is 0 Å². The summed E-state index contributed by atoms with van der Waals surface area (Å²) in [6, 6.07) is 5.36. The number of hydrogen-bond acceptors (Lipinski definition) is 3. The van der Waals surface area contributed by atoms with Gasteiger partial charge in [-0.05, 0) is 25.2 Å². The van der Waals surface area contributed by atoms with Gasteiger partial charge in [-0.15, -0.1) is 0 Å². The van der Waals surface area contributed by atoms with Gasteiger partial charge in [0.05, 0.1) is 0 Å². The third-order valence-electron chi connectivity index (χ3n) is 2.74. The third kappa shape index (κ3) is 4.04. The normalized spacial score (nSPS) is 12.0. The monoisotopic (exact) mass is 274 g/mol. The van der Waals surface area contributed by atoms with Crippen molar-refractivity contribution in [2.75, 3.05) is 26.2 Å². The summed E-state index contributed by atoms with van der Waals surface area (Å²) in [7, 11) is -3.75. The number of hydrogen-bond donors (Lipinski definition) is 1. The molecule has 18 heavy (non-hydrogen) atoms. The Labute approximate surface area is 108 Å². The van der Waals surface area contributed by atoms with Crippen molar-refractivity contribution in [3.63, 3.8) is 0 Å². The first-order valence-electron chi connectivity index (χ1n) is 5.97. The van der Waals surface area contributed by atoms with Crippen LogP contribution < -0.4 is 4.72 Å². The largest absolute Gasteiger partial charge is 0.303 e. The Morgan fingerprint density at radius 3 is 2.39 bits per heavy atom. The molecule has 0 aliphatic carbocycles. The lowest BCUT2D eigenvalue weighted by atomic mass is 10.4. The van der Waals surface area contributed by atoms with Gasteiger partial charge in [-0.25, -0.2) is 17.5 Å². The van der Waals surface area contributed by atoms with Crippen LogP contribution in [0.3, 0.4) is 0 Å². The van der Waals surface area contributed by atoms with Crippen molar-refractivity contribution in [3.8, 4) is 0 Å². The summed E-state index contributed by atoms with van der Waals surface area (Å²) in [6.07, 6.45) is 0. The number of likely N-dealkylation sites (N-methyl/N-ethyl adjacent to an activating group) is 1. The van der Waals surface area contributed by atoms with E-state index in [2.05, 4.69) is 9.62 Å². The Morgan fingerprint density at radius 1 is 1.22 bits per heavy atom. The van der Waals surface area contributed by atoms with Crippen LogP contribution in [0.25, 0.3) is 0 Å². The van der Waals surface area contributed by atoms with Crippen molar-refractivity contribution >= 4 is 10.0 Å². The average Bonchev–Trinajstić information content (AvgIpc) is 2.35. The van der Waals surface area contributed by atoms with Crippen LogP contribution in [-0.4, -0.2) is 39.5 Å². The highest BCUT2D eigenvalue weighted by Gasteiger charge is 2.17. The van der Waals surface area contributed by atoms with Crippen LogP contribution >= 0.6 is 0 Å². The molecule has 0 aromatic heterocycles. The summed E-state index contributed by atoms with van der Waals surface area (Å²) in [4.78, 5) is 1.79. The van der Waals surface area contributed by atoms with Crippen molar-refractivity contribution in [3.05, 3.63) is 30.1 Å². The Balaban J connectivity index is 2.64. The van der Waals surface area contributed by atoms with Crippen LogP contribution in [-0.2, 0) is 10.0 Å². The SMILES string of the molecule is CCN(CC)CCNS(=O)(=O)c1ccccc1F. The maximum absolute atomic E-state index is 13.4. The maximum Gasteiger partial charge on any atom is 0.243 e. The molecule has 0 atom stereocenters. The molecule has 0 heterocycles. The van der Waals surface area contributed by atoms with Crippen LogP contribution in [0.2, 0.25) is 0 Å². The van der Waals surface area contributed by atoms with E-state index in [4.69, 9.17) is 0 Å². The van der Waals surface area contributed by atoms with E-state index in [1.54, 1.807) is 0 Å². The molecule has 0 fully saturated rings. The van der Waals surface area contributed by atoms with Gasteiger partial charge in [-0.2, -0.15) is 0 Å². The van der Waals surface area contributed by atoms with E-state index in [0.717, 1.165) is 19.2 Å².